The third kappa shape index (κ3) is 3.53. The van der Waals surface area contributed by atoms with Gasteiger partial charge in [-0.25, -0.2) is 4.39 Å². The van der Waals surface area contributed by atoms with Crippen molar-refractivity contribution < 1.29 is 9.18 Å². The highest BCUT2D eigenvalue weighted by molar-refractivity contribution is 5.81. The monoisotopic (exact) mass is 264 g/mol. The number of rotatable bonds is 3. The number of carbonyl (C=O) groups is 1. The molecule has 2 rings (SSSR count). The van der Waals surface area contributed by atoms with Crippen molar-refractivity contribution in [1.29, 1.82) is 0 Å². The van der Waals surface area contributed by atoms with Gasteiger partial charge in [0.25, 0.3) is 0 Å². The average molecular weight is 264 g/mol. The van der Waals surface area contributed by atoms with Crippen LogP contribution in [0.15, 0.2) is 24.3 Å². The molecule has 2 N–H and O–H groups in total. The van der Waals surface area contributed by atoms with Gasteiger partial charge >= 0.3 is 0 Å². The SMILES string of the molecule is C[C@@H](N)C(=O)N1CCC(Cc2ccccc2F)CC1. The standard InChI is InChI=1S/C15H21FN2O/c1-11(17)15(19)18-8-6-12(7-9-18)10-13-4-2-3-5-14(13)16/h2-5,11-12H,6-10,17H2,1H3/t11-/m1/s1. The molecule has 1 amide bonds. The molecule has 1 saturated heterocycles. The van der Waals surface area contributed by atoms with E-state index in [-0.39, 0.29) is 11.7 Å². The Bertz CT molecular complexity index is 440. The first kappa shape index (κ1) is 14.0. The summed E-state index contributed by atoms with van der Waals surface area (Å²) in [5.41, 5.74) is 6.38. The molecule has 0 bridgehead atoms. The maximum absolute atomic E-state index is 13.6. The van der Waals surface area contributed by atoms with E-state index in [0.29, 0.717) is 5.92 Å². The third-order valence-electron chi connectivity index (χ3n) is 3.78. The number of carbonyl (C=O) groups excluding carboxylic acids is 1. The van der Waals surface area contributed by atoms with Crippen molar-refractivity contribution >= 4 is 5.91 Å². The number of halogens is 1. The van der Waals surface area contributed by atoms with Crippen LogP contribution in [0.4, 0.5) is 4.39 Å². The molecule has 1 aliphatic rings. The Kier molecular flexibility index (Phi) is 4.53. The lowest BCUT2D eigenvalue weighted by atomic mass is 9.90. The van der Waals surface area contributed by atoms with Gasteiger partial charge in [-0.15, -0.1) is 0 Å². The summed E-state index contributed by atoms with van der Waals surface area (Å²) in [6.07, 6.45) is 2.60. The molecule has 1 fully saturated rings. The van der Waals surface area contributed by atoms with Crippen LogP contribution in [-0.2, 0) is 11.2 Å². The van der Waals surface area contributed by atoms with E-state index in [9.17, 15) is 9.18 Å². The molecule has 0 spiro atoms. The van der Waals surface area contributed by atoms with Gasteiger partial charge in [0.2, 0.25) is 5.91 Å². The quantitative estimate of drug-likeness (QED) is 0.907. The van der Waals surface area contributed by atoms with Crippen LogP contribution in [0, 0.1) is 11.7 Å². The number of hydrogen-bond donors (Lipinski definition) is 1. The van der Waals surface area contributed by atoms with Crippen molar-refractivity contribution in [2.45, 2.75) is 32.2 Å². The van der Waals surface area contributed by atoms with Crippen LogP contribution in [0.2, 0.25) is 0 Å². The molecule has 19 heavy (non-hydrogen) atoms. The lowest BCUT2D eigenvalue weighted by Gasteiger charge is -2.33. The molecule has 0 aromatic heterocycles. The predicted octanol–water partition coefficient (Wildman–Crippen LogP) is 1.95. The van der Waals surface area contributed by atoms with E-state index in [0.717, 1.165) is 37.9 Å². The van der Waals surface area contributed by atoms with E-state index in [2.05, 4.69) is 0 Å². The van der Waals surface area contributed by atoms with Crippen LogP contribution in [0.1, 0.15) is 25.3 Å². The van der Waals surface area contributed by atoms with Crippen molar-refractivity contribution in [3.05, 3.63) is 35.6 Å². The minimum Gasteiger partial charge on any atom is -0.341 e. The van der Waals surface area contributed by atoms with Crippen LogP contribution in [0.3, 0.4) is 0 Å². The van der Waals surface area contributed by atoms with Crippen molar-refractivity contribution in [2.24, 2.45) is 11.7 Å². The number of nitrogens with zero attached hydrogens (tertiary/aromatic N) is 1. The average Bonchev–Trinajstić information content (AvgIpc) is 2.41. The molecular formula is C15H21FN2O. The van der Waals surface area contributed by atoms with Gasteiger partial charge < -0.3 is 10.6 Å². The van der Waals surface area contributed by atoms with E-state index in [1.165, 1.54) is 6.07 Å². The van der Waals surface area contributed by atoms with Crippen LogP contribution >= 0.6 is 0 Å². The topological polar surface area (TPSA) is 46.3 Å². The van der Waals surface area contributed by atoms with E-state index >= 15 is 0 Å². The first-order valence-electron chi connectivity index (χ1n) is 6.85. The predicted molar refractivity (Wildman–Crippen MR) is 73.1 cm³/mol. The van der Waals surface area contributed by atoms with Crippen molar-refractivity contribution in [1.82, 2.24) is 4.90 Å². The first-order valence-corrected chi connectivity index (χ1v) is 6.85. The molecule has 4 heteroatoms. The Morgan fingerprint density at radius 3 is 2.63 bits per heavy atom. The van der Waals surface area contributed by atoms with Gasteiger partial charge in [-0.05, 0) is 43.7 Å². The summed E-state index contributed by atoms with van der Waals surface area (Å²) in [4.78, 5) is 13.6. The Balaban J connectivity index is 1.87. The number of hydrogen-bond acceptors (Lipinski definition) is 2. The fourth-order valence-corrected chi connectivity index (χ4v) is 2.62. The van der Waals surface area contributed by atoms with E-state index in [1.54, 1.807) is 13.0 Å². The molecule has 1 aromatic rings. The van der Waals surface area contributed by atoms with Gasteiger partial charge in [0.1, 0.15) is 5.82 Å². The number of nitrogens with two attached hydrogens (primary N) is 1. The Hall–Kier alpha value is -1.42. The van der Waals surface area contributed by atoms with Crippen LogP contribution in [0.25, 0.3) is 0 Å². The summed E-state index contributed by atoms with van der Waals surface area (Å²) in [7, 11) is 0. The molecule has 1 aliphatic heterocycles. The molecule has 1 atom stereocenters. The van der Waals surface area contributed by atoms with Crippen molar-refractivity contribution in [3.63, 3.8) is 0 Å². The van der Waals surface area contributed by atoms with Crippen LogP contribution < -0.4 is 5.73 Å². The highest BCUT2D eigenvalue weighted by Gasteiger charge is 2.24. The summed E-state index contributed by atoms with van der Waals surface area (Å²) in [5.74, 6) is 0.343. The molecule has 0 radical (unpaired) electrons. The molecule has 1 aromatic carbocycles. The molecular weight excluding hydrogens is 243 g/mol. The minimum atomic E-state index is -0.428. The zero-order valence-corrected chi connectivity index (χ0v) is 11.3. The lowest BCUT2D eigenvalue weighted by Crippen LogP contribution is -2.46. The number of piperidine rings is 1. The first-order chi connectivity index (χ1) is 9.08. The van der Waals surface area contributed by atoms with E-state index in [4.69, 9.17) is 5.73 Å². The zero-order chi connectivity index (χ0) is 13.8. The maximum Gasteiger partial charge on any atom is 0.239 e. The summed E-state index contributed by atoms with van der Waals surface area (Å²) in [5, 5.41) is 0. The molecule has 0 aliphatic carbocycles. The normalized spacial score (nSPS) is 18.4. The lowest BCUT2D eigenvalue weighted by molar-refractivity contribution is -0.133. The minimum absolute atomic E-state index is 0.0179. The second-order valence-electron chi connectivity index (χ2n) is 5.35. The number of likely N-dealkylation sites (tertiary alicyclic amines) is 1. The van der Waals surface area contributed by atoms with Gasteiger partial charge in [0.05, 0.1) is 6.04 Å². The largest absolute Gasteiger partial charge is 0.341 e. The van der Waals surface area contributed by atoms with Gasteiger partial charge in [-0.2, -0.15) is 0 Å². The van der Waals surface area contributed by atoms with Crippen molar-refractivity contribution in [2.75, 3.05) is 13.1 Å². The second kappa shape index (κ2) is 6.15. The zero-order valence-electron chi connectivity index (χ0n) is 11.3. The smallest absolute Gasteiger partial charge is 0.239 e. The van der Waals surface area contributed by atoms with Crippen LogP contribution in [-0.4, -0.2) is 29.9 Å². The summed E-state index contributed by atoms with van der Waals surface area (Å²) in [6, 6.07) is 6.50. The highest BCUT2D eigenvalue weighted by atomic mass is 19.1. The van der Waals surface area contributed by atoms with Gasteiger partial charge in [0, 0.05) is 13.1 Å². The van der Waals surface area contributed by atoms with E-state index in [1.807, 2.05) is 17.0 Å². The fourth-order valence-electron chi connectivity index (χ4n) is 2.62. The fraction of sp³-hybridized carbons (Fsp3) is 0.533. The molecule has 0 unspecified atom stereocenters. The summed E-state index contributed by atoms with van der Waals surface area (Å²) in [6.45, 7) is 3.19. The third-order valence-corrected chi connectivity index (χ3v) is 3.78. The second-order valence-corrected chi connectivity index (χ2v) is 5.35. The van der Waals surface area contributed by atoms with Gasteiger partial charge in [-0.1, -0.05) is 18.2 Å². The Morgan fingerprint density at radius 2 is 2.05 bits per heavy atom. The molecule has 3 nitrogen and oxygen atoms in total. The van der Waals surface area contributed by atoms with Crippen LogP contribution in [0.5, 0.6) is 0 Å². The number of amides is 1. The molecule has 104 valence electrons. The number of benzene rings is 1. The summed E-state index contributed by atoms with van der Waals surface area (Å²) < 4.78 is 13.6. The van der Waals surface area contributed by atoms with Gasteiger partial charge in [0.15, 0.2) is 0 Å². The maximum atomic E-state index is 13.6. The Labute approximate surface area is 113 Å². The highest BCUT2D eigenvalue weighted by Crippen LogP contribution is 2.23. The van der Waals surface area contributed by atoms with Crippen molar-refractivity contribution in [3.8, 4) is 0 Å². The Morgan fingerprint density at radius 1 is 1.42 bits per heavy atom. The van der Waals surface area contributed by atoms with E-state index < -0.39 is 6.04 Å². The molecule has 1 heterocycles. The molecule has 0 saturated carbocycles. The summed E-state index contributed by atoms with van der Waals surface area (Å²) >= 11 is 0. The van der Waals surface area contributed by atoms with Gasteiger partial charge in [-0.3, -0.25) is 4.79 Å².